The molecule has 0 saturated carbocycles. The van der Waals surface area contributed by atoms with Gasteiger partial charge in [0.2, 0.25) is 0 Å². The third-order valence-corrected chi connectivity index (χ3v) is 2.40. The first-order chi connectivity index (χ1) is 7.99. The van der Waals surface area contributed by atoms with Crippen LogP contribution in [0.5, 0.6) is 0 Å². The highest BCUT2D eigenvalue weighted by atomic mass is 16.6. The molecule has 0 bridgehead atoms. The van der Waals surface area contributed by atoms with E-state index < -0.39 is 6.29 Å². The van der Waals surface area contributed by atoms with Crippen LogP contribution >= 0.6 is 0 Å². The fraction of sp³-hybridized carbons (Fsp3) is 0.571. The molecule has 2 N–H and O–H groups in total. The molecule has 1 unspecified atom stereocenters. The average Bonchev–Trinajstić information content (AvgIpc) is 2.26. The molecule has 0 fully saturated rings. The zero-order chi connectivity index (χ0) is 12.8. The Balaban J connectivity index is 2.45. The molecule has 1 rings (SSSR count). The van der Waals surface area contributed by atoms with Gasteiger partial charge in [-0.3, -0.25) is 0 Å². The van der Waals surface area contributed by atoms with Gasteiger partial charge in [0.15, 0.2) is 6.29 Å². The van der Waals surface area contributed by atoms with Crippen molar-refractivity contribution in [2.45, 2.75) is 46.6 Å². The molecule has 0 aliphatic heterocycles. The van der Waals surface area contributed by atoms with E-state index in [2.05, 4.69) is 19.2 Å². The van der Waals surface area contributed by atoms with Gasteiger partial charge in [-0.05, 0) is 31.5 Å². The van der Waals surface area contributed by atoms with Crippen LogP contribution in [0.3, 0.4) is 0 Å². The first-order valence-electron chi connectivity index (χ1n) is 6.14. The predicted molar refractivity (Wildman–Crippen MR) is 70.8 cm³/mol. The van der Waals surface area contributed by atoms with Crippen LogP contribution in [0.25, 0.3) is 0 Å². The molecule has 0 aliphatic rings. The Hall–Kier alpha value is -1.06. The highest BCUT2D eigenvalue weighted by Crippen LogP contribution is 2.13. The molecule has 0 amide bonds. The zero-order valence-electron chi connectivity index (χ0n) is 11.1. The van der Waals surface area contributed by atoms with Crippen LogP contribution in [0.2, 0.25) is 0 Å². The summed E-state index contributed by atoms with van der Waals surface area (Å²) in [5.41, 5.74) is 2.17. The Bertz CT molecular complexity index is 319. The predicted octanol–water partition coefficient (Wildman–Crippen LogP) is 3.00. The fourth-order valence-electron chi connectivity index (χ4n) is 1.40. The molecule has 3 nitrogen and oxygen atoms in total. The van der Waals surface area contributed by atoms with Crippen LogP contribution in [0.15, 0.2) is 24.3 Å². The molecular weight excluding hydrogens is 214 g/mol. The van der Waals surface area contributed by atoms with Gasteiger partial charge in [-0.25, -0.2) is 0 Å². The zero-order valence-corrected chi connectivity index (χ0v) is 11.1. The first kappa shape index (κ1) is 14.0. The van der Waals surface area contributed by atoms with E-state index in [0.29, 0.717) is 12.6 Å². The summed E-state index contributed by atoms with van der Waals surface area (Å²) >= 11 is 0. The van der Waals surface area contributed by atoms with Crippen molar-refractivity contribution in [2.75, 3.05) is 5.32 Å². The summed E-state index contributed by atoms with van der Waals surface area (Å²) in [6.45, 7) is 8.52. The number of anilines is 1. The van der Waals surface area contributed by atoms with Gasteiger partial charge in [0, 0.05) is 17.6 Å². The largest absolute Gasteiger partial charge is 0.383 e. The van der Waals surface area contributed by atoms with E-state index in [9.17, 15) is 5.11 Å². The quantitative estimate of drug-likeness (QED) is 0.747. The van der Waals surface area contributed by atoms with Gasteiger partial charge in [0.05, 0.1) is 6.61 Å². The minimum absolute atomic E-state index is 0.122. The summed E-state index contributed by atoms with van der Waals surface area (Å²) < 4.78 is 5.35. The van der Waals surface area contributed by atoms with E-state index in [4.69, 9.17) is 4.74 Å². The van der Waals surface area contributed by atoms with Crippen LogP contribution in [-0.2, 0) is 11.3 Å². The van der Waals surface area contributed by atoms with E-state index in [1.54, 1.807) is 0 Å². The number of nitrogens with one attached hydrogen (secondary N) is 1. The number of aliphatic hydroxyl groups excluding tert-OH is 1. The molecule has 0 spiro atoms. The highest BCUT2D eigenvalue weighted by molar-refractivity contribution is 5.45. The van der Waals surface area contributed by atoms with Crippen LogP contribution in [-0.4, -0.2) is 17.4 Å². The van der Waals surface area contributed by atoms with Crippen molar-refractivity contribution in [3.63, 3.8) is 0 Å². The average molecular weight is 237 g/mol. The number of aliphatic hydroxyl groups is 1. The number of hydrogen-bond donors (Lipinski definition) is 2. The minimum atomic E-state index is -0.691. The second-order valence-corrected chi connectivity index (χ2v) is 4.94. The molecule has 0 aliphatic carbocycles. The number of ether oxygens (including phenoxy) is 1. The lowest BCUT2D eigenvalue weighted by molar-refractivity contribution is -0.134. The lowest BCUT2D eigenvalue weighted by Gasteiger charge is -2.15. The van der Waals surface area contributed by atoms with Crippen molar-refractivity contribution in [1.82, 2.24) is 0 Å². The lowest BCUT2D eigenvalue weighted by Crippen LogP contribution is -2.18. The van der Waals surface area contributed by atoms with Crippen molar-refractivity contribution >= 4 is 5.69 Å². The Labute approximate surface area is 104 Å². The molecular formula is C14H23NO2. The van der Waals surface area contributed by atoms with Crippen molar-refractivity contribution < 1.29 is 9.84 Å². The van der Waals surface area contributed by atoms with Gasteiger partial charge in [-0.15, -0.1) is 0 Å². The summed E-state index contributed by atoms with van der Waals surface area (Å²) in [4.78, 5) is 0. The Kier molecular flexibility index (Phi) is 5.45. The van der Waals surface area contributed by atoms with Gasteiger partial charge in [0.1, 0.15) is 0 Å². The second-order valence-electron chi connectivity index (χ2n) is 4.94. The molecule has 0 radical (unpaired) electrons. The summed E-state index contributed by atoms with van der Waals surface area (Å²) in [7, 11) is 0. The molecule has 0 heterocycles. The van der Waals surface area contributed by atoms with Gasteiger partial charge in [0.25, 0.3) is 0 Å². The van der Waals surface area contributed by atoms with E-state index in [0.717, 1.165) is 11.3 Å². The SMILES string of the molecule is CC(C)Nc1ccc(COC(O)C(C)C)cc1. The second kappa shape index (κ2) is 6.62. The highest BCUT2D eigenvalue weighted by Gasteiger charge is 2.08. The van der Waals surface area contributed by atoms with Gasteiger partial charge < -0.3 is 15.2 Å². The van der Waals surface area contributed by atoms with E-state index in [1.165, 1.54) is 0 Å². The molecule has 0 saturated heterocycles. The van der Waals surface area contributed by atoms with Crippen molar-refractivity contribution in [1.29, 1.82) is 0 Å². The van der Waals surface area contributed by atoms with Crippen LogP contribution in [0, 0.1) is 5.92 Å². The van der Waals surface area contributed by atoms with Gasteiger partial charge in [-0.2, -0.15) is 0 Å². The molecule has 1 aromatic rings. The van der Waals surface area contributed by atoms with Crippen molar-refractivity contribution in [2.24, 2.45) is 5.92 Å². The molecule has 96 valence electrons. The summed E-state index contributed by atoms with van der Waals surface area (Å²) in [5.74, 6) is 0.122. The van der Waals surface area contributed by atoms with Gasteiger partial charge >= 0.3 is 0 Å². The van der Waals surface area contributed by atoms with E-state index in [-0.39, 0.29) is 5.92 Å². The molecule has 3 heteroatoms. The standard InChI is InChI=1S/C14H23NO2/c1-10(2)14(16)17-9-12-5-7-13(8-6-12)15-11(3)4/h5-8,10-11,14-16H,9H2,1-4H3. The maximum Gasteiger partial charge on any atom is 0.157 e. The normalized spacial score (nSPS) is 13.1. The summed E-state index contributed by atoms with van der Waals surface area (Å²) in [6, 6.07) is 8.51. The van der Waals surface area contributed by atoms with Crippen LogP contribution < -0.4 is 5.32 Å². The maximum atomic E-state index is 9.53. The smallest absolute Gasteiger partial charge is 0.157 e. The van der Waals surface area contributed by atoms with Crippen LogP contribution in [0.1, 0.15) is 33.3 Å². The molecule has 0 aromatic heterocycles. The Morgan fingerprint density at radius 1 is 1.12 bits per heavy atom. The number of rotatable bonds is 6. The first-order valence-corrected chi connectivity index (χ1v) is 6.14. The van der Waals surface area contributed by atoms with Crippen LogP contribution in [0.4, 0.5) is 5.69 Å². The van der Waals surface area contributed by atoms with E-state index >= 15 is 0 Å². The van der Waals surface area contributed by atoms with Crippen molar-refractivity contribution in [3.05, 3.63) is 29.8 Å². The minimum Gasteiger partial charge on any atom is -0.383 e. The topological polar surface area (TPSA) is 41.5 Å². The third-order valence-electron chi connectivity index (χ3n) is 2.40. The number of benzene rings is 1. The fourth-order valence-corrected chi connectivity index (χ4v) is 1.40. The molecule has 1 atom stereocenters. The monoisotopic (exact) mass is 237 g/mol. The Morgan fingerprint density at radius 3 is 2.18 bits per heavy atom. The molecule has 17 heavy (non-hydrogen) atoms. The summed E-state index contributed by atoms with van der Waals surface area (Å²) in [5, 5.41) is 12.9. The number of hydrogen-bond acceptors (Lipinski definition) is 3. The van der Waals surface area contributed by atoms with E-state index in [1.807, 2.05) is 38.1 Å². The van der Waals surface area contributed by atoms with Crippen molar-refractivity contribution in [3.8, 4) is 0 Å². The third kappa shape index (κ3) is 5.20. The van der Waals surface area contributed by atoms with Gasteiger partial charge in [-0.1, -0.05) is 26.0 Å². The lowest BCUT2D eigenvalue weighted by atomic mass is 10.2. The Morgan fingerprint density at radius 2 is 1.71 bits per heavy atom. The maximum absolute atomic E-state index is 9.53. The summed E-state index contributed by atoms with van der Waals surface area (Å²) in [6.07, 6.45) is -0.691. The molecule has 1 aromatic carbocycles.